The summed E-state index contributed by atoms with van der Waals surface area (Å²) in [4.78, 5) is 0. The van der Waals surface area contributed by atoms with Crippen LogP contribution in [-0.4, -0.2) is 0 Å². The van der Waals surface area contributed by atoms with E-state index < -0.39 is 6.72 Å². The average molecular weight is 721 g/mol. The fourth-order valence-corrected chi connectivity index (χ4v) is 8.72. The van der Waals surface area contributed by atoms with E-state index in [-0.39, 0.29) is 0 Å². The van der Waals surface area contributed by atoms with Gasteiger partial charge in [0.25, 0.3) is 0 Å². The number of unbranched alkanes of at least 4 members (excludes halogenated alkanes) is 18. The lowest BCUT2D eigenvalue weighted by Gasteiger charge is -2.26. The normalized spacial score (nSPS) is 11.5. The summed E-state index contributed by atoms with van der Waals surface area (Å²) < 4.78 is 20.4. The summed E-state index contributed by atoms with van der Waals surface area (Å²) in [6, 6.07) is 25.1. The van der Waals surface area contributed by atoms with Gasteiger partial charge in [-0.05, 0) is 73.4 Å². The van der Waals surface area contributed by atoms with Crippen molar-refractivity contribution in [1.29, 1.82) is 0 Å². The number of aryl methyl sites for hydroxylation is 3. The van der Waals surface area contributed by atoms with Gasteiger partial charge in [-0.2, -0.15) is 0 Å². The van der Waals surface area contributed by atoms with Crippen molar-refractivity contribution in [3.05, 3.63) is 89.5 Å². The molecule has 0 atom stereocenters. The molecule has 0 saturated carbocycles. The number of rotatable bonds is 30. The van der Waals surface area contributed by atoms with Gasteiger partial charge >= 0.3 is 6.72 Å². The maximum absolute atomic E-state index is 6.80. The molecule has 0 fully saturated rings. The first-order valence-corrected chi connectivity index (χ1v) is 23.1. The Kier molecular flexibility index (Phi) is 22.3. The summed E-state index contributed by atoms with van der Waals surface area (Å²) in [5, 5.41) is 0. The number of hydrogen-bond donors (Lipinski definition) is 0. The van der Waals surface area contributed by atoms with Crippen molar-refractivity contribution in [2.75, 3.05) is 0 Å². The zero-order chi connectivity index (χ0) is 35.5. The third kappa shape index (κ3) is 17.3. The Hall–Kier alpha value is -2.29. The summed E-state index contributed by atoms with van der Waals surface area (Å²) in [5.74, 6) is 2.36. The Morgan fingerprint density at radius 1 is 0.360 bits per heavy atom. The molecule has 3 aromatic rings. The van der Waals surface area contributed by atoms with Crippen molar-refractivity contribution in [2.45, 2.75) is 175 Å². The Morgan fingerprint density at radius 3 is 0.880 bits per heavy atom. The predicted molar refractivity (Wildman–Crippen MR) is 221 cm³/mol. The molecular formula is C45H69O3PS. The Morgan fingerprint density at radius 2 is 0.600 bits per heavy atom. The summed E-state index contributed by atoms with van der Waals surface area (Å²) in [6.07, 6.45) is 29.7. The molecule has 0 aliphatic rings. The molecule has 0 bridgehead atoms. The van der Waals surface area contributed by atoms with E-state index in [9.17, 15) is 0 Å². The smallest absolute Gasteiger partial charge is 0.407 e. The molecule has 0 saturated heterocycles. The van der Waals surface area contributed by atoms with Crippen LogP contribution in [0.5, 0.6) is 17.2 Å². The molecule has 0 aromatic heterocycles. The number of para-hydroxylation sites is 3. The second-order valence-corrected chi connectivity index (χ2v) is 16.9. The van der Waals surface area contributed by atoms with Crippen molar-refractivity contribution in [1.82, 2.24) is 0 Å². The van der Waals surface area contributed by atoms with E-state index in [0.717, 1.165) is 55.8 Å². The van der Waals surface area contributed by atoms with Crippen LogP contribution in [0.3, 0.4) is 0 Å². The maximum atomic E-state index is 6.80. The molecule has 0 unspecified atom stereocenters. The largest absolute Gasteiger partial charge is 0.490 e. The Bertz CT molecular complexity index is 1180. The lowest BCUT2D eigenvalue weighted by molar-refractivity contribution is 0.378. The van der Waals surface area contributed by atoms with Gasteiger partial charge < -0.3 is 13.6 Å². The molecule has 0 N–H and O–H groups in total. The highest BCUT2D eigenvalue weighted by Crippen LogP contribution is 2.52. The fourth-order valence-electron chi connectivity index (χ4n) is 6.63. The quantitative estimate of drug-likeness (QED) is 0.0506. The highest BCUT2D eigenvalue weighted by Gasteiger charge is 2.29. The second-order valence-electron chi connectivity index (χ2n) is 14.2. The first kappa shape index (κ1) is 42.1. The standard InChI is InChI=1S/C45H69O3PS/c1-4-7-10-13-16-19-22-31-40-34-25-28-37-43(40)46-49(50,47-44-38-29-26-35-41(44)32-23-20-17-14-11-8-5-2)48-45-39-30-27-36-42(45)33-24-21-18-15-12-9-6-3/h25-30,34-39H,4-24,31-33H2,1-3H3. The zero-order valence-corrected chi connectivity index (χ0v) is 33.7. The van der Waals surface area contributed by atoms with Crippen LogP contribution >= 0.6 is 6.72 Å². The first-order chi connectivity index (χ1) is 24.6. The van der Waals surface area contributed by atoms with E-state index in [1.807, 2.05) is 36.4 Å². The molecule has 3 rings (SSSR count). The summed E-state index contributed by atoms with van der Waals surface area (Å²) >= 11 is 6.36. The SMILES string of the molecule is CCCCCCCCCc1ccccc1OP(=S)(Oc1ccccc1CCCCCCCCC)Oc1ccccc1CCCCCCCCC. The zero-order valence-electron chi connectivity index (χ0n) is 32.0. The molecule has 3 aromatic carbocycles. The number of benzene rings is 3. The minimum absolute atomic E-state index is 0.788. The molecule has 0 amide bonds. The molecule has 3 nitrogen and oxygen atoms in total. The van der Waals surface area contributed by atoms with Crippen LogP contribution in [-0.2, 0) is 31.1 Å². The topological polar surface area (TPSA) is 27.7 Å². The van der Waals surface area contributed by atoms with E-state index in [1.54, 1.807) is 0 Å². The lowest BCUT2D eigenvalue weighted by Crippen LogP contribution is -2.10. The van der Waals surface area contributed by atoms with Crippen molar-refractivity contribution in [3.63, 3.8) is 0 Å². The third-order valence-electron chi connectivity index (χ3n) is 9.70. The van der Waals surface area contributed by atoms with E-state index in [2.05, 4.69) is 57.2 Å². The Labute approximate surface area is 312 Å². The fraction of sp³-hybridized carbons (Fsp3) is 0.600. The van der Waals surface area contributed by atoms with Crippen molar-refractivity contribution in [3.8, 4) is 17.2 Å². The predicted octanol–water partition coefficient (Wildman–Crippen LogP) is 15.3. The van der Waals surface area contributed by atoms with Gasteiger partial charge in [0.15, 0.2) is 0 Å². The van der Waals surface area contributed by atoms with Gasteiger partial charge in [0.2, 0.25) is 0 Å². The van der Waals surface area contributed by atoms with Crippen LogP contribution in [0.25, 0.3) is 0 Å². The average Bonchev–Trinajstić information content (AvgIpc) is 3.12. The van der Waals surface area contributed by atoms with Crippen LogP contribution in [0.4, 0.5) is 0 Å². The molecule has 0 aliphatic heterocycles. The van der Waals surface area contributed by atoms with Crippen molar-refractivity contribution in [2.24, 2.45) is 0 Å². The van der Waals surface area contributed by atoms with Gasteiger partial charge in [0.1, 0.15) is 17.2 Å². The highest BCUT2D eigenvalue weighted by atomic mass is 32.5. The van der Waals surface area contributed by atoms with Gasteiger partial charge in [-0.1, -0.05) is 191 Å². The van der Waals surface area contributed by atoms with Gasteiger partial charge in [0.05, 0.1) is 0 Å². The van der Waals surface area contributed by atoms with Gasteiger partial charge in [-0.15, -0.1) is 0 Å². The van der Waals surface area contributed by atoms with Crippen LogP contribution in [0.15, 0.2) is 72.8 Å². The lowest BCUT2D eigenvalue weighted by atomic mass is 10.0. The highest BCUT2D eigenvalue weighted by molar-refractivity contribution is 8.08. The molecule has 5 heteroatoms. The maximum Gasteiger partial charge on any atom is 0.490 e. The molecule has 50 heavy (non-hydrogen) atoms. The van der Waals surface area contributed by atoms with Gasteiger partial charge in [-0.3, -0.25) is 0 Å². The van der Waals surface area contributed by atoms with E-state index in [1.165, 1.54) is 132 Å². The van der Waals surface area contributed by atoms with Crippen LogP contribution in [0.2, 0.25) is 0 Å². The van der Waals surface area contributed by atoms with E-state index in [0.29, 0.717) is 0 Å². The minimum atomic E-state index is -3.30. The van der Waals surface area contributed by atoms with Crippen molar-refractivity contribution < 1.29 is 13.6 Å². The molecule has 0 radical (unpaired) electrons. The van der Waals surface area contributed by atoms with Crippen LogP contribution in [0, 0.1) is 0 Å². The molecule has 278 valence electrons. The van der Waals surface area contributed by atoms with Gasteiger partial charge in [-0.25, -0.2) is 0 Å². The summed E-state index contributed by atoms with van der Waals surface area (Å²) in [7, 11) is 0. The third-order valence-corrected chi connectivity index (χ3v) is 11.6. The monoisotopic (exact) mass is 720 g/mol. The second kappa shape index (κ2) is 26.5. The van der Waals surface area contributed by atoms with Crippen LogP contribution in [0.1, 0.15) is 172 Å². The minimum Gasteiger partial charge on any atom is -0.407 e. The number of hydrogen-bond acceptors (Lipinski definition) is 4. The Balaban J connectivity index is 1.77. The summed E-state index contributed by atoms with van der Waals surface area (Å²) in [6.45, 7) is 3.52. The van der Waals surface area contributed by atoms with Crippen molar-refractivity contribution >= 4 is 18.5 Å². The molecule has 0 aliphatic carbocycles. The van der Waals surface area contributed by atoms with E-state index in [4.69, 9.17) is 25.4 Å². The summed E-state index contributed by atoms with van der Waals surface area (Å²) in [5.41, 5.74) is 3.53. The molecule has 0 heterocycles. The van der Waals surface area contributed by atoms with Gasteiger partial charge in [0, 0.05) is 11.8 Å². The van der Waals surface area contributed by atoms with Crippen LogP contribution < -0.4 is 13.6 Å². The molecule has 0 spiro atoms. The molecular weight excluding hydrogens is 652 g/mol. The first-order valence-electron chi connectivity index (χ1n) is 20.5. The van der Waals surface area contributed by atoms with E-state index >= 15 is 0 Å².